The fourth-order valence-corrected chi connectivity index (χ4v) is 3.73. The fraction of sp³-hybridized carbons (Fsp3) is 0.222. The van der Waals surface area contributed by atoms with Gasteiger partial charge in [-0.3, -0.25) is 0 Å². The van der Waals surface area contributed by atoms with Gasteiger partial charge in [0.05, 0.1) is 10.7 Å². The summed E-state index contributed by atoms with van der Waals surface area (Å²) in [6.45, 7) is 2.51. The van der Waals surface area contributed by atoms with E-state index < -0.39 is 12.0 Å². The molecule has 0 aliphatic heterocycles. The zero-order valence-electron chi connectivity index (χ0n) is 14.7. The molecule has 3 heterocycles. The van der Waals surface area contributed by atoms with Crippen LogP contribution in [0.25, 0.3) is 16.9 Å². The van der Waals surface area contributed by atoms with Gasteiger partial charge in [0.25, 0.3) is 5.82 Å². The van der Waals surface area contributed by atoms with E-state index in [1.165, 1.54) is 6.07 Å². The Morgan fingerprint density at radius 3 is 2.61 bits per heavy atom. The smallest absolute Gasteiger partial charge is 0.368 e. The van der Waals surface area contributed by atoms with E-state index in [0.29, 0.717) is 23.3 Å². The zero-order valence-corrected chi connectivity index (χ0v) is 15.6. The van der Waals surface area contributed by atoms with Gasteiger partial charge in [0.15, 0.2) is 5.65 Å². The number of fused-ring (bicyclic) bond motifs is 1. The Morgan fingerprint density at radius 1 is 1.07 bits per heavy atom. The Balaban J connectivity index is 1.46. The predicted octanol–water partition coefficient (Wildman–Crippen LogP) is 4.23. The van der Waals surface area contributed by atoms with E-state index in [9.17, 15) is 13.2 Å². The Morgan fingerprint density at radius 2 is 1.86 bits per heavy atom. The van der Waals surface area contributed by atoms with Gasteiger partial charge in [-0.2, -0.15) is 17.7 Å². The number of nitrogens with zero attached hydrogens (tertiary/aromatic N) is 5. The topological polar surface area (TPSA) is 68.0 Å². The lowest BCUT2D eigenvalue weighted by Crippen LogP contribution is -2.14. The minimum Gasteiger partial charge on any atom is -0.368 e. The first-order valence-corrected chi connectivity index (χ1v) is 9.29. The van der Waals surface area contributed by atoms with Crippen LogP contribution in [0.3, 0.4) is 0 Å². The first-order valence-electron chi connectivity index (χ1n) is 8.47. The summed E-state index contributed by atoms with van der Waals surface area (Å²) in [5.74, 6) is -0.830. The van der Waals surface area contributed by atoms with Gasteiger partial charge in [-0.15, -0.1) is 26.6 Å². The number of thiazole rings is 1. The number of rotatable bonds is 5. The number of hydrogen-bond donors (Lipinski definition) is 1. The van der Waals surface area contributed by atoms with Gasteiger partial charge in [-0.05, 0) is 19.1 Å². The van der Waals surface area contributed by atoms with Gasteiger partial charge in [0, 0.05) is 23.4 Å². The summed E-state index contributed by atoms with van der Waals surface area (Å²) in [7, 11) is 0. The molecule has 0 spiro atoms. The van der Waals surface area contributed by atoms with Gasteiger partial charge in [0.1, 0.15) is 5.82 Å². The van der Waals surface area contributed by atoms with Gasteiger partial charge in [-0.25, -0.2) is 4.98 Å². The summed E-state index contributed by atoms with van der Waals surface area (Å²) in [5.41, 5.74) is 2.07. The number of alkyl halides is 3. The summed E-state index contributed by atoms with van der Waals surface area (Å²) in [6.07, 6.45) is -3.98. The van der Waals surface area contributed by atoms with Crippen LogP contribution in [-0.4, -0.2) is 31.3 Å². The first-order chi connectivity index (χ1) is 13.4. The van der Waals surface area contributed by atoms with Crippen LogP contribution in [0.5, 0.6) is 0 Å². The largest absolute Gasteiger partial charge is 0.453 e. The number of aromatic nitrogens is 5. The van der Waals surface area contributed by atoms with E-state index in [0.717, 1.165) is 21.1 Å². The SMILES string of the molecule is Cc1sc(CCNc2ccc3nnc(C(F)(F)F)n3n2)nc1-c1ccccc1. The molecule has 0 saturated heterocycles. The summed E-state index contributed by atoms with van der Waals surface area (Å²) < 4.78 is 39.5. The molecule has 6 nitrogen and oxygen atoms in total. The second-order valence-electron chi connectivity index (χ2n) is 6.07. The molecule has 1 aromatic carbocycles. The van der Waals surface area contributed by atoms with Crippen molar-refractivity contribution in [1.29, 1.82) is 0 Å². The molecule has 0 saturated carbocycles. The Labute approximate surface area is 162 Å². The van der Waals surface area contributed by atoms with Crippen LogP contribution in [0.2, 0.25) is 0 Å². The molecule has 0 bridgehead atoms. The number of anilines is 1. The van der Waals surface area contributed by atoms with Crippen molar-refractivity contribution in [1.82, 2.24) is 24.8 Å². The van der Waals surface area contributed by atoms with Crippen molar-refractivity contribution < 1.29 is 13.2 Å². The van der Waals surface area contributed by atoms with Crippen molar-refractivity contribution >= 4 is 22.8 Å². The van der Waals surface area contributed by atoms with Crippen LogP contribution in [0.4, 0.5) is 19.0 Å². The molecule has 0 aliphatic rings. The maximum atomic E-state index is 12.9. The van der Waals surface area contributed by atoms with Crippen molar-refractivity contribution in [2.45, 2.75) is 19.5 Å². The molecule has 28 heavy (non-hydrogen) atoms. The number of halogens is 3. The number of benzene rings is 1. The second kappa shape index (κ2) is 7.19. The van der Waals surface area contributed by atoms with E-state index in [1.807, 2.05) is 37.3 Å². The zero-order chi connectivity index (χ0) is 19.7. The molecule has 4 rings (SSSR count). The van der Waals surface area contributed by atoms with Gasteiger partial charge in [-0.1, -0.05) is 30.3 Å². The Kier molecular flexibility index (Phi) is 4.71. The van der Waals surface area contributed by atoms with Crippen LogP contribution in [0.1, 0.15) is 15.7 Å². The average Bonchev–Trinajstić information content (AvgIpc) is 3.25. The minimum absolute atomic E-state index is 0.0425. The molecule has 0 unspecified atom stereocenters. The number of hydrogen-bond acceptors (Lipinski definition) is 6. The lowest BCUT2D eigenvalue weighted by molar-refractivity contribution is -0.146. The third kappa shape index (κ3) is 3.68. The second-order valence-corrected chi connectivity index (χ2v) is 7.35. The molecular weight excluding hydrogens is 389 g/mol. The van der Waals surface area contributed by atoms with Crippen LogP contribution in [0.15, 0.2) is 42.5 Å². The van der Waals surface area contributed by atoms with Crippen molar-refractivity contribution in [3.05, 3.63) is 58.2 Å². The molecule has 0 atom stereocenters. The minimum atomic E-state index is -4.61. The van der Waals surface area contributed by atoms with Crippen molar-refractivity contribution in [2.24, 2.45) is 0 Å². The van der Waals surface area contributed by atoms with E-state index >= 15 is 0 Å². The van der Waals surface area contributed by atoms with Crippen molar-refractivity contribution in [3.8, 4) is 11.3 Å². The highest BCUT2D eigenvalue weighted by Crippen LogP contribution is 2.28. The molecule has 4 aromatic rings. The summed E-state index contributed by atoms with van der Waals surface area (Å²) in [5, 5.41) is 14.6. The van der Waals surface area contributed by atoms with Gasteiger partial charge in [0.2, 0.25) is 0 Å². The monoisotopic (exact) mass is 404 g/mol. The standard InChI is InChI=1S/C18H15F3N6S/c1-11-16(12-5-3-2-4-6-12)23-15(28-11)9-10-22-13-7-8-14-24-25-17(18(19,20)21)27(14)26-13/h2-8H,9-10H2,1H3,(H,22,26). The quantitative estimate of drug-likeness (QED) is 0.539. The summed E-state index contributed by atoms with van der Waals surface area (Å²) in [6, 6.07) is 12.9. The van der Waals surface area contributed by atoms with Gasteiger partial charge >= 0.3 is 6.18 Å². The Hall–Kier alpha value is -3.01. The van der Waals surface area contributed by atoms with Crippen LogP contribution >= 0.6 is 11.3 Å². The molecule has 144 valence electrons. The van der Waals surface area contributed by atoms with Gasteiger partial charge < -0.3 is 5.32 Å². The molecule has 0 radical (unpaired) electrons. The molecule has 1 N–H and O–H groups in total. The molecule has 0 amide bonds. The van der Waals surface area contributed by atoms with Crippen molar-refractivity contribution in [2.75, 3.05) is 11.9 Å². The number of nitrogens with one attached hydrogen (secondary N) is 1. The Bertz CT molecular complexity index is 1100. The molecule has 10 heteroatoms. The maximum absolute atomic E-state index is 12.9. The summed E-state index contributed by atoms with van der Waals surface area (Å²) in [4.78, 5) is 5.81. The number of aryl methyl sites for hydroxylation is 1. The van der Waals surface area contributed by atoms with Crippen LogP contribution < -0.4 is 5.32 Å². The normalized spacial score (nSPS) is 11.9. The first kappa shape index (κ1) is 18.4. The highest BCUT2D eigenvalue weighted by atomic mass is 32.1. The summed E-state index contributed by atoms with van der Waals surface area (Å²) >= 11 is 1.61. The lowest BCUT2D eigenvalue weighted by Gasteiger charge is -2.06. The third-order valence-electron chi connectivity index (χ3n) is 4.05. The van der Waals surface area contributed by atoms with Crippen LogP contribution in [0, 0.1) is 6.92 Å². The highest BCUT2D eigenvalue weighted by Gasteiger charge is 2.37. The van der Waals surface area contributed by atoms with E-state index in [2.05, 4.69) is 25.6 Å². The van der Waals surface area contributed by atoms with E-state index in [-0.39, 0.29) is 5.65 Å². The fourth-order valence-electron chi connectivity index (χ4n) is 2.78. The third-order valence-corrected chi connectivity index (χ3v) is 5.08. The van der Waals surface area contributed by atoms with E-state index in [4.69, 9.17) is 0 Å². The molecule has 0 aliphatic carbocycles. The van der Waals surface area contributed by atoms with Crippen LogP contribution in [-0.2, 0) is 12.6 Å². The molecule has 0 fully saturated rings. The lowest BCUT2D eigenvalue weighted by atomic mass is 10.1. The van der Waals surface area contributed by atoms with Crippen molar-refractivity contribution in [3.63, 3.8) is 0 Å². The average molecular weight is 404 g/mol. The molecule has 3 aromatic heterocycles. The maximum Gasteiger partial charge on any atom is 0.453 e. The highest BCUT2D eigenvalue weighted by molar-refractivity contribution is 7.12. The predicted molar refractivity (Wildman–Crippen MR) is 100 cm³/mol. The van der Waals surface area contributed by atoms with E-state index in [1.54, 1.807) is 17.4 Å². The molecular formula is C18H15F3N6S.